The molecule has 3 fully saturated rings. The smallest absolute Gasteiger partial charge is 0.410 e. The van der Waals surface area contributed by atoms with Crippen molar-refractivity contribution in [1.82, 2.24) is 20.0 Å². The van der Waals surface area contributed by atoms with E-state index >= 15 is 0 Å². The minimum Gasteiger partial charge on any atom is -0.494 e. The highest BCUT2D eigenvalue weighted by molar-refractivity contribution is 5.96. The zero-order chi connectivity index (χ0) is 39.4. The number of rotatable bonds is 10. The van der Waals surface area contributed by atoms with E-state index in [0.29, 0.717) is 56.4 Å². The van der Waals surface area contributed by atoms with Crippen molar-refractivity contribution in [2.45, 2.75) is 96.2 Å². The number of likely N-dealkylation sites (tertiary alicyclic amines) is 3. The summed E-state index contributed by atoms with van der Waals surface area (Å²) < 4.78 is 17.6. The quantitative estimate of drug-likeness (QED) is 0.212. The molecule has 7 rings (SSSR count). The molecule has 11 nitrogen and oxygen atoms in total. The van der Waals surface area contributed by atoms with E-state index in [4.69, 9.17) is 14.2 Å². The highest BCUT2D eigenvalue weighted by Crippen LogP contribution is 2.44. The van der Waals surface area contributed by atoms with Crippen LogP contribution in [0.4, 0.5) is 9.59 Å². The second kappa shape index (κ2) is 17.0. The predicted octanol–water partition coefficient (Wildman–Crippen LogP) is 7.55. The van der Waals surface area contributed by atoms with Crippen molar-refractivity contribution in [2.24, 2.45) is 5.92 Å². The minimum absolute atomic E-state index is 0.0864. The number of nitrogens with zero attached hydrogens (tertiary/aromatic N) is 3. The summed E-state index contributed by atoms with van der Waals surface area (Å²) in [6, 6.07) is 20.8. The number of carbonyl (C=O) groups is 4. The lowest BCUT2D eigenvalue weighted by atomic mass is 9.92. The van der Waals surface area contributed by atoms with E-state index in [1.807, 2.05) is 69.0 Å². The summed E-state index contributed by atoms with van der Waals surface area (Å²) in [7, 11) is 0. The summed E-state index contributed by atoms with van der Waals surface area (Å²) in [5, 5.41) is 3.12. The molecule has 4 aliphatic rings. The van der Waals surface area contributed by atoms with Crippen LogP contribution < -0.4 is 10.1 Å². The van der Waals surface area contributed by atoms with Gasteiger partial charge >= 0.3 is 12.2 Å². The fraction of sp³-hybridized carbons (Fsp3) is 0.511. The van der Waals surface area contributed by atoms with Crippen molar-refractivity contribution in [3.8, 4) is 16.9 Å². The van der Waals surface area contributed by atoms with E-state index in [-0.39, 0.29) is 37.0 Å². The Morgan fingerprint density at radius 1 is 0.821 bits per heavy atom. The third-order valence-electron chi connectivity index (χ3n) is 11.6. The van der Waals surface area contributed by atoms with Crippen LogP contribution in [0.2, 0.25) is 0 Å². The summed E-state index contributed by atoms with van der Waals surface area (Å²) in [5.41, 5.74) is 5.36. The van der Waals surface area contributed by atoms with Crippen molar-refractivity contribution in [2.75, 3.05) is 45.9 Å². The summed E-state index contributed by atoms with van der Waals surface area (Å²) in [5.74, 6) is 0.821. The number of piperidine rings is 1. The monoisotopic (exact) mass is 764 g/mol. The Bertz CT molecular complexity index is 1860. The van der Waals surface area contributed by atoms with Crippen LogP contribution in [-0.2, 0) is 14.3 Å². The van der Waals surface area contributed by atoms with E-state index in [9.17, 15) is 19.2 Å². The van der Waals surface area contributed by atoms with Crippen molar-refractivity contribution < 1.29 is 33.4 Å². The average molecular weight is 765 g/mol. The first kappa shape index (κ1) is 39.2. The number of fused-ring (bicyclic) bond motifs is 3. The number of amides is 4. The van der Waals surface area contributed by atoms with Gasteiger partial charge in [-0.15, -0.1) is 0 Å². The number of ether oxygens (including phenoxy) is 3. The molecule has 3 saturated heterocycles. The van der Waals surface area contributed by atoms with Gasteiger partial charge in [-0.1, -0.05) is 48.5 Å². The van der Waals surface area contributed by atoms with Gasteiger partial charge < -0.3 is 29.3 Å². The van der Waals surface area contributed by atoms with Gasteiger partial charge in [0.1, 0.15) is 24.0 Å². The van der Waals surface area contributed by atoms with E-state index in [0.717, 1.165) is 66.3 Å². The highest BCUT2D eigenvalue weighted by atomic mass is 16.6. The van der Waals surface area contributed by atoms with Gasteiger partial charge in [0.2, 0.25) is 5.91 Å². The van der Waals surface area contributed by atoms with Crippen LogP contribution in [0.25, 0.3) is 11.1 Å². The summed E-state index contributed by atoms with van der Waals surface area (Å²) in [4.78, 5) is 58.7. The molecule has 0 spiro atoms. The molecule has 0 saturated carbocycles. The van der Waals surface area contributed by atoms with Gasteiger partial charge in [0.15, 0.2) is 0 Å². The average Bonchev–Trinajstić information content (AvgIpc) is 3.94. The molecule has 0 bridgehead atoms. The lowest BCUT2D eigenvalue weighted by molar-refractivity contribution is -0.134. The van der Waals surface area contributed by atoms with Crippen molar-refractivity contribution in [3.63, 3.8) is 0 Å². The molecule has 2 atom stereocenters. The van der Waals surface area contributed by atoms with Crippen molar-refractivity contribution in [3.05, 3.63) is 89.0 Å². The van der Waals surface area contributed by atoms with E-state index < -0.39 is 23.8 Å². The standard InChI is InChI=1S/C45H56N4O7/c1-30-26-33(54-25-11-12-31-19-23-48(24-20-31)43(52)56-45(2,3)4)17-18-34(30)41(50)46-32-27-40(42(51)47-21-9-10-22-47)49(28-32)44(53)55-29-39-37-15-7-5-13-35(37)36-14-6-8-16-38(36)39/h5-8,13-18,26,31-32,39-40H,9-12,19-25,27-29H2,1-4H3,(H,46,50)/t32-,40-/m0/s1. The Labute approximate surface area is 330 Å². The summed E-state index contributed by atoms with van der Waals surface area (Å²) in [6.45, 7) is 11.2. The highest BCUT2D eigenvalue weighted by Gasteiger charge is 2.44. The molecule has 3 heterocycles. The van der Waals surface area contributed by atoms with Gasteiger partial charge in [-0.05, 0) is 125 Å². The number of aryl methyl sites for hydroxylation is 1. The number of benzene rings is 3. The van der Waals surface area contributed by atoms with E-state index in [2.05, 4.69) is 29.6 Å². The van der Waals surface area contributed by atoms with Crippen LogP contribution in [-0.4, -0.2) is 102 Å². The Morgan fingerprint density at radius 2 is 1.48 bits per heavy atom. The summed E-state index contributed by atoms with van der Waals surface area (Å²) >= 11 is 0. The van der Waals surface area contributed by atoms with Crippen LogP contribution in [0.5, 0.6) is 5.75 Å². The fourth-order valence-electron chi connectivity index (χ4n) is 8.74. The van der Waals surface area contributed by atoms with Gasteiger partial charge in [0, 0.05) is 50.2 Å². The molecule has 1 N–H and O–H groups in total. The van der Waals surface area contributed by atoms with Gasteiger partial charge in [-0.25, -0.2) is 9.59 Å². The van der Waals surface area contributed by atoms with Crippen LogP contribution >= 0.6 is 0 Å². The second-order valence-corrected chi connectivity index (χ2v) is 16.8. The number of hydrogen-bond donors (Lipinski definition) is 1. The predicted molar refractivity (Wildman–Crippen MR) is 214 cm³/mol. The topological polar surface area (TPSA) is 118 Å². The first-order valence-electron chi connectivity index (χ1n) is 20.4. The van der Waals surface area contributed by atoms with Crippen LogP contribution in [0.15, 0.2) is 66.7 Å². The van der Waals surface area contributed by atoms with Crippen molar-refractivity contribution >= 4 is 24.0 Å². The van der Waals surface area contributed by atoms with Crippen LogP contribution in [0.3, 0.4) is 0 Å². The number of hydrogen-bond acceptors (Lipinski definition) is 7. The third-order valence-corrected chi connectivity index (χ3v) is 11.6. The molecule has 4 amide bonds. The van der Waals surface area contributed by atoms with Crippen LogP contribution in [0.1, 0.15) is 98.7 Å². The molecule has 1 aliphatic carbocycles. The van der Waals surface area contributed by atoms with Gasteiger partial charge in [0.05, 0.1) is 6.61 Å². The molecule has 3 aliphatic heterocycles. The molecule has 298 valence electrons. The SMILES string of the molecule is Cc1cc(OCCCC2CCN(C(=O)OC(C)(C)C)CC2)ccc1C(=O)N[C@H]1C[C@@H](C(=O)N2CCCC2)N(C(=O)OCC2c3ccccc3-c3ccccc32)C1. The molecule has 3 aromatic carbocycles. The first-order chi connectivity index (χ1) is 26.9. The van der Waals surface area contributed by atoms with Crippen molar-refractivity contribution in [1.29, 1.82) is 0 Å². The minimum atomic E-state index is -0.705. The molecular formula is C45H56N4O7. The molecule has 56 heavy (non-hydrogen) atoms. The van der Waals surface area contributed by atoms with E-state index in [1.54, 1.807) is 11.0 Å². The zero-order valence-corrected chi connectivity index (χ0v) is 33.3. The van der Waals surface area contributed by atoms with Gasteiger partial charge in [-0.2, -0.15) is 0 Å². The maximum atomic E-state index is 13.8. The largest absolute Gasteiger partial charge is 0.494 e. The fourth-order valence-corrected chi connectivity index (χ4v) is 8.74. The van der Waals surface area contributed by atoms with Crippen LogP contribution in [0, 0.1) is 12.8 Å². The molecule has 3 aromatic rings. The second-order valence-electron chi connectivity index (χ2n) is 16.8. The molecule has 0 unspecified atom stereocenters. The Morgan fingerprint density at radius 3 is 2.12 bits per heavy atom. The number of carbonyl (C=O) groups excluding carboxylic acids is 4. The molecule has 0 aromatic heterocycles. The normalized spacial score (nSPS) is 19.8. The summed E-state index contributed by atoms with van der Waals surface area (Å²) in [6.07, 6.45) is 5.28. The van der Waals surface area contributed by atoms with Gasteiger partial charge in [0.25, 0.3) is 5.91 Å². The Balaban J connectivity index is 0.914. The lowest BCUT2D eigenvalue weighted by Gasteiger charge is -2.33. The van der Waals surface area contributed by atoms with E-state index in [1.165, 1.54) is 4.90 Å². The Hall–Kier alpha value is -5.06. The molecule has 0 radical (unpaired) electrons. The number of nitrogens with one attached hydrogen (secondary N) is 1. The zero-order valence-electron chi connectivity index (χ0n) is 33.3. The third kappa shape index (κ3) is 8.98. The lowest BCUT2D eigenvalue weighted by Crippen LogP contribution is -2.47. The Kier molecular flexibility index (Phi) is 11.9. The maximum Gasteiger partial charge on any atom is 0.410 e. The maximum absolute atomic E-state index is 13.8. The molecular weight excluding hydrogens is 709 g/mol. The van der Waals surface area contributed by atoms with Gasteiger partial charge in [-0.3, -0.25) is 14.5 Å². The molecule has 11 heteroatoms. The first-order valence-corrected chi connectivity index (χ1v) is 20.4.